The number of allylic oxidation sites excluding steroid dienone is 1. The van der Waals surface area contributed by atoms with Gasteiger partial charge in [0.1, 0.15) is 0 Å². The van der Waals surface area contributed by atoms with Crippen molar-refractivity contribution in [3.05, 3.63) is 12.2 Å². The molecule has 0 aromatic carbocycles. The Labute approximate surface area is 66.7 Å². The number of alkyl halides is 1. The molecule has 0 aromatic rings. The van der Waals surface area contributed by atoms with Crippen LogP contribution >= 0.6 is 11.6 Å². The first-order valence-corrected chi connectivity index (χ1v) is 4.13. The Kier molecular flexibility index (Phi) is 2.37. The third kappa shape index (κ3) is 1.35. The molecule has 1 rings (SSSR count). The summed E-state index contributed by atoms with van der Waals surface area (Å²) in [5.74, 6) is 0. The maximum Gasteiger partial charge on any atom is 0.0990 e. The van der Waals surface area contributed by atoms with Crippen LogP contribution in [0, 0.1) is 0 Å². The van der Waals surface area contributed by atoms with Crippen LogP contribution in [0.1, 0.15) is 26.2 Å². The lowest BCUT2D eigenvalue weighted by molar-refractivity contribution is 0.102. The molecule has 1 aliphatic rings. The summed E-state index contributed by atoms with van der Waals surface area (Å²) in [7, 11) is 0. The van der Waals surface area contributed by atoms with Crippen LogP contribution in [0.2, 0.25) is 0 Å². The zero-order chi connectivity index (χ0) is 7.61. The minimum Gasteiger partial charge on any atom is -0.384 e. The van der Waals surface area contributed by atoms with Gasteiger partial charge in [-0.15, -0.1) is 11.6 Å². The molecule has 1 aliphatic carbocycles. The van der Waals surface area contributed by atoms with E-state index in [9.17, 15) is 5.11 Å². The summed E-state index contributed by atoms with van der Waals surface area (Å²) in [6, 6.07) is 0. The Morgan fingerprint density at radius 3 is 2.80 bits per heavy atom. The highest BCUT2D eigenvalue weighted by atomic mass is 35.5. The highest BCUT2D eigenvalue weighted by molar-refractivity contribution is 6.21. The molecule has 58 valence electrons. The maximum absolute atomic E-state index is 9.74. The van der Waals surface area contributed by atoms with Gasteiger partial charge in [-0.2, -0.15) is 0 Å². The van der Waals surface area contributed by atoms with Gasteiger partial charge in [-0.1, -0.05) is 12.2 Å². The molecule has 0 saturated heterocycles. The van der Waals surface area contributed by atoms with E-state index in [1.54, 1.807) is 6.08 Å². The first kappa shape index (κ1) is 8.09. The van der Waals surface area contributed by atoms with Crippen molar-refractivity contribution in [2.75, 3.05) is 0 Å². The van der Waals surface area contributed by atoms with E-state index < -0.39 is 5.60 Å². The fraction of sp³-hybridized carbons (Fsp3) is 0.750. The van der Waals surface area contributed by atoms with E-state index >= 15 is 0 Å². The average Bonchev–Trinajstić information content (AvgIpc) is 2.15. The van der Waals surface area contributed by atoms with Crippen molar-refractivity contribution in [2.45, 2.75) is 37.2 Å². The van der Waals surface area contributed by atoms with E-state index in [2.05, 4.69) is 0 Å². The summed E-state index contributed by atoms with van der Waals surface area (Å²) in [4.78, 5) is 0. The smallest absolute Gasteiger partial charge is 0.0990 e. The molecule has 1 nitrogen and oxygen atoms in total. The zero-order valence-corrected chi connectivity index (χ0v) is 6.93. The molecule has 0 spiro atoms. The predicted molar refractivity (Wildman–Crippen MR) is 43.3 cm³/mol. The molecular weight excluding hydrogens is 148 g/mol. The van der Waals surface area contributed by atoms with Gasteiger partial charge in [-0.25, -0.2) is 0 Å². The Hall–Kier alpha value is -0.0100. The molecule has 1 saturated carbocycles. The fourth-order valence-corrected chi connectivity index (χ4v) is 1.78. The second-order valence-electron chi connectivity index (χ2n) is 2.85. The van der Waals surface area contributed by atoms with Gasteiger partial charge in [0.2, 0.25) is 0 Å². The number of halogens is 1. The Bertz CT molecular complexity index is 144. The van der Waals surface area contributed by atoms with Crippen LogP contribution in [0.4, 0.5) is 0 Å². The van der Waals surface area contributed by atoms with Gasteiger partial charge in [0.25, 0.3) is 0 Å². The first-order valence-electron chi connectivity index (χ1n) is 3.69. The van der Waals surface area contributed by atoms with Crippen molar-refractivity contribution in [1.29, 1.82) is 0 Å². The minimum absolute atomic E-state index is 0.0799. The maximum atomic E-state index is 9.74. The van der Waals surface area contributed by atoms with Gasteiger partial charge in [-0.05, 0) is 26.2 Å². The van der Waals surface area contributed by atoms with Gasteiger partial charge in [-0.3, -0.25) is 0 Å². The third-order valence-electron chi connectivity index (χ3n) is 2.03. The number of hydrogen-bond acceptors (Lipinski definition) is 1. The Balaban J connectivity index is 2.65. The van der Waals surface area contributed by atoms with Crippen LogP contribution < -0.4 is 0 Å². The van der Waals surface area contributed by atoms with Gasteiger partial charge in [0.05, 0.1) is 11.0 Å². The van der Waals surface area contributed by atoms with E-state index in [0.29, 0.717) is 0 Å². The molecule has 0 aromatic heterocycles. The first-order chi connectivity index (χ1) is 4.69. The van der Waals surface area contributed by atoms with Crippen molar-refractivity contribution in [3.63, 3.8) is 0 Å². The molecule has 2 heteroatoms. The topological polar surface area (TPSA) is 20.2 Å². The summed E-state index contributed by atoms with van der Waals surface area (Å²) in [5.41, 5.74) is -0.712. The second kappa shape index (κ2) is 2.93. The van der Waals surface area contributed by atoms with Crippen LogP contribution in [-0.4, -0.2) is 16.1 Å². The molecule has 2 unspecified atom stereocenters. The van der Waals surface area contributed by atoms with E-state index in [0.717, 1.165) is 19.3 Å². The van der Waals surface area contributed by atoms with Crippen molar-refractivity contribution in [3.8, 4) is 0 Å². The lowest BCUT2D eigenvalue weighted by Gasteiger charge is -2.21. The lowest BCUT2D eigenvalue weighted by Crippen LogP contribution is -2.30. The molecule has 1 N–H and O–H groups in total. The predicted octanol–water partition coefficient (Wildman–Crippen LogP) is 2.08. The standard InChI is InChI=1S/C8H13ClO/c1-2-5-8(10)6-3-4-7(8)9/h2,5,7,10H,3-4,6H2,1H3/b5-2+. The Morgan fingerprint density at radius 2 is 2.40 bits per heavy atom. The van der Waals surface area contributed by atoms with E-state index in [1.807, 2.05) is 13.0 Å². The summed E-state index contributed by atoms with van der Waals surface area (Å²) in [5, 5.41) is 9.66. The molecule has 1 fully saturated rings. The fourth-order valence-electron chi connectivity index (χ4n) is 1.45. The lowest BCUT2D eigenvalue weighted by atomic mass is 10.0. The molecule has 0 aliphatic heterocycles. The van der Waals surface area contributed by atoms with Crippen LogP contribution in [0.3, 0.4) is 0 Å². The van der Waals surface area contributed by atoms with E-state index in [1.165, 1.54) is 0 Å². The summed E-state index contributed by atoms with van der Waals surface area (Å²) in [6.45, 7) is 1.90. The average molecular weight is 161 g/mol. The van der Waals surface area contributed by atoms with Crippen molar-refractivity contribution < 1.29 is 5.11 Å². The SMILES string of the molecule is C/C=C/C1(O)CCCC1Cl. The number of aliphatic hydroxyl groups is 1. The summed E-state index contributed by atoms with van der Waals surface area (Å²) in [6.07, 6.45) is 6.45. The van der Waals surface area contributed by atoms with Crippen LogP contribution in [-0.2, 0) is 0 Å². The highest BCUT2D eigenvalue weighted by Gasteiger charge is 2.37. The summed E-state index contributed by atoms with van der Waals surface area (Å²) >= 11 is 5.90. The molecule has 10 heavy (non-hydrogen) atoms. The van der Waals surface area contributed by atoms with Crippen molar-refractivity contribution in [1.82, 2.24) is 0 Å². The van der Waals surface area contributed by atoms with Gasteiger partial charge >= 0.3 is 0 Å². The van der Waals surface area contributed by atoms with Gasteiger partial charge in [0, 0.05) is 0 Å². The largest absolute Gasteiger partial charge is 0.384 e. The zero-order valence-electron chi connectivity index (χ0n) is 6.18. The van der Waals surface area contributed by atoms with E-state index in [-0.39, 0.29) is 5.38 Å². The number of hydrogen-bond donors (Lipinski definition) is 1. The monoisotopic (exact) mass is 160 g/mol. The quantitative estimate of drug-likeness (QED) is 0.460. The van der Waals surface area contributed by atoms with E-state index in [4.69, 9.17) is 11.6 Å². The minimum atomic E-state index is -0.712. The van der Waals surface area contributed by atoms with Gasteiger partial charge in [0.15, 0.2) is 0 Å². The molecule has 0 heterocycles. The van der Waals surface area contributed by atoms with Crippen LogP contribution in [0.15, 0.2) is 12.2 Å². The number of rotatable bonds is 1. The molecule has 0 bridgehead atoms. The third-order valence-corrected chi connectivity index (χ3v) is 2.63. The van der Waals surface area contributed by atoms with Crippen LogP contribution in [0.5, 0.6) is 0 Å². The molecule has 2 atom stereocenters. The molecule has 0 radical (unpaired) electrons. The molecule has 0 amide bonds. The van der Waals surface area contributed by atoms with Crippen molar-refractivity contribution in [2.24, 2.45) is 0 Å². The second-order valence-corrected chi connectivity index (χ2v) is 3.38. The Morgan fingerprint density at radius 1 is 1.70 bits per heavy atom. The van der Waals surface area contributed by atoms with Gasteiger partial charge < -0.3 is 5.11 Å². The normalized spacial score (nSPS) is 41.3. The van der Waals surface area contributed by atoms with Crippen molar-refractivity contribution >= 4 is 11.6 Å². The summed E-state index contributed by atoms with van der Waals surface area (Å²) < 4.78 is 0. The molecular formula is C8H13ClO. The highest BCUT2D eigenvalue weighted by Crippen LogP contribution is 2.34. The van der Waals surface area contributed by atoms with Crippen LogP contribution in [0.25, 0.3) is 0 Å².